The maximum atomic E-state index is 4.56. The first-order chi connectivity index (χ1) is 12.1. The van der Waals surface area contributed by atoms with Gasteiger partial charge in [-0.1, -0.05) is 52.3 Å². The molecule has 0 unspecified atom stereocenters. The SMILES string of the molecule is Cc1cc(NCCc2ccccc2)nc(Nc2ccc(C)c(Br)c2)n1. The van der Waals surface area contributed by atoms with Gasteiger partial charge in [0.25, 0.3) is 0 Å². The van der Waals surface area contributed by atoms with Gasteiger partial charge in [0.15, 0.2) is 0 Å². The molecular formula is C20H21BrN4. The first-order valence-electron chi connectivity index (χ1n) is 8.27. The van der Waals surface area contributed by atoms with Gasteiger partial charge in [-0.2, -0.15) is 4.98 Å². The summed E-state index contributed by atoms with van der Waals surface area (Å²) in [6.07, 6.45) is 0.956. The third-order valence-corrected chi connectivity index (χ3v) is 4.70. The fraction of sp³-hybridized carbons (Fsp3) is 0.200. The largest absolute Gasteiger partial charge is 0.370 e. The van der Waals surface area contributed by atoms with Crippen molar-refractivity contribution in [1.29, 1.82) is 0 Å². The van der Waals surface area contributed by atoms with Crippen molar-refractivity contribution < 1.29 is 0 Å². The van der Waals surface area contributed by atoms with Crippen LogP contribution in [0.25, 0.3) is 0 Å². The predicted molar refractivity (Wildman–Crippen MR) is 108 cm³/mol. The molecule has 0 amide bonds. The Morgan fingerprint density at radius 1 is 0.960 bits per heavy atom. The van der Waals surface area contributed by atoms with Crippen LogP contribution in [0.1, 0.15) is 16.8 Å². The van der Waals surface area contributed by atoms with E-state index in [1.165, 1.54) is 11.1 Å². The number of hydrogen-bond acceptors (Lipinski definition) is 4. The molecule has 3 rings (SSSR count). The molecule has 0 saturated heterocycles. The normalized spacial score (nSPS) is 10.5. The lowest BCUT2D eigenvalue weighted by Crippen LogP contribution is -2.08. The Labute approximate surface area is 156 Å². The molecule has 0 saturated carbocycles. The van der Waals surface area contributed by atoms with Gasteiger partial charge >= 0.3 is 0 Å². The molecular weight excluding hydrogens is 376 g/mol. The molecule has 3 aromatic rings. The van der Waals surface area contributed by atoms with Crippen LogP contribution in [0.3, 0.4) is 0 Å². The summed E-state index contributed by atoms with van der Waals surface area (Å²) in [5.41, 5.74) is 4.38. The molecule has 0 aliphatic heterocycles. The van der Waals surface area contributed by atoms with Crippen molar-refractivity contribution in [3.63, 3.8) is 0 Å². The maximum absolute atomic E-state index is 4.56. The first kappa shape index (κ1) is 17.4. The van der Waals surface area contributed by atoms with E-state index in [-0.39, 0.29) is 0 Å². The number of halogens is 1. The Hall–Kier alpha value is -2.40. The summed E-state index contributed by atoms with van der Waals surface area (Å²) in [5, 5.41) is 6.65. The number of rotatable bonds is 6. The van der Waals surface area contributed by atoms with Gasteiger partial charge < -0.3 is 10.6 Å². The van der Waals surface area contributed by atoms with Crippen LogP contribution in [-0.4, -0.2) is 16.5 Å². The molecule has 4 nitrogen and oxygen atoms in total. The van der Waals surface area contributed by atoms with E-state index in [1.807, 2.05) is 31.2 Å². The average Bonchev–Trinajstić information content (AvgIpc) is 2.59. The number of benzene rings is 2. The molecule has 1 heterocycles. The molecule has 2 N–H and O–H groups in total. The van der Waals surface area contributed by atoms with E-state index in [9.17, 15) is 0 Å². The lowest BCUT2D eigenvalue weighted by molar-refractivity contribution is 0.995. The Balaban J connectivity index is 1.66. The van der Waals surface area contributed by atoms with E-state index in [1.54, 1.807) is 0 Å². The van der Waals surface area contributed by atoms with Crippen molar-refractivity contribution in [1.82, 2.24) is 9.97 Å². The molecule has 1 aromatic heterocycles. The second-order valence-electron chi connectivity index (χ2n) is 5.97. The number of aryl methyl sites for hydroxylation is 2. The lowest BCUT2D eigenvalue weighted by Gasteiger charge is -2.11. The summed E-state index contributed by atoms with van der Waals surface area (Å²) >= 11 is 3.55. The molecule has 0 aliphatic rings. The zero-order valence-electron chi connectivity index (χ0n) is 14.4. The Kier molecular flexibility index (Phi) is 5.66. The Morgan fingerprint density at radius 2 is 1.76 bits per heavy atom. The van der Waals surface area contributed by atoms with Gasteiger partial charge in [-0.3, -0.25) is 0 Å². The van der Waals surface area contributed by atoms with Crippen LogP contribution in [-0.2, 0) is 6.42 Å². The van der Waals surface area contributed by atoms with E-state index >= 15 is 0 Å². The third-order valence-electron chi connectivity index (χ3n) is 3.84. The minimum Gasteiger partial charge on any atom is -0.370 e. The van der Waals surface area contributed by atoms with Crippen molar-refractivity contribution in [2.24, 2.45) is 0 Å². The quantitative estimate of drug-likeness (QED) is 0.596. The van der Waals surface area contributed by atoms with Crippen LogP contribution in [0.2, 0.25) is 0 Å². The topological polar surface area (TPSA) is 49.8 Å². The smallest absolute Gasteiger partial charge is 0.229 e. The number of nitrogens with zero attached hydrogens (tertiary/aromatic N) is 2. The van der Waals surface area contributed by atoms with Gasteiger partial charge in [0.1, 0.15) is 5.82 Å². The molecule has 0 aliphatic carbocycles. The van der Waals surface area contributed by atoms with E-state index in [0.717, 1.165) is 34.6 Å². The van der Waals surface area contributed by atoms with Crippen LogP contribution in [0, 0.1) is 13.8 Å². The zero-order valence-corrected chi connectivity index (χ0v) is 16.0. The molecule has 0 radical (unpaired) electrons. The molecule has 0 bridgehead atoms. The summed E-state index contributed by atoms with van der Waals surface area (Å²) < 4.78 is 1.06. The van der Waals surface area contributed by atoms with Gasteiger partial charge in [-0.25, -0.2) is 4.98 Å². The van der Waals surface area contributed by atoms with Gasteiger partial charge in [-0.15, -0.1) is 0 Å². The summed E-state index contributed by atoms with van der Waals surface area (Å²) in [5.74, 6) is 1.43. The van der Waals surface area contributed by atoms with Crippen molar-refractivity contribution in [3.05, 3.63) is 75.9 Å². The summed E-state index contributed by atoms with van der Waals surface area (Å²) in [6.45, 7) is 4.86. The number of hydrogen-bond donors (Lipinski definition) is 2. The molecule has 128 valence electrons. The van der Waals surface area contributed by atoms with Crippen molar-refractivity contribution in [2.45, 2.75) is 20.3 Å². The van der Waals surface area contributed by atoms with E-state index in [4.69, 9.17) is 0 Å². The molecule has 0 fully saturated rings. The third kappa shape index (κ3) is 5.03. The highest BCUT2D eigenvalue weighted by atomic mass is 79.9. The van der Waals surface area contributed by atoms with Crippen LogP contribution in [0.4, 0.5) is 17.5 Å². The van der Waals surface area contributed by atoms with Gasteiger partial charge in [0.05, 0.1) is 0 Å². The number of aromatic nitrogens is 2. The Bertz CT molecular complexity index is 850. The highest BCUT2D eigenvalue weighted by molar-refractivity contribution is 9.10. The summed E-state index contributed by atoms with van der Waals surface area (Å²) in [6, 6.07) is 18.5. The summed E-state index contributed by atoms with van der Waals surface area (Å²) in [4.78, 5) is 9.03. The standard InChI is InChI=1S/C20H21BrN4/c1-14-8-9-17(13-18(14)21)24-20-23-15(2)12-19(25-20)22-11-10-16-6-4-3-5-7-16/h3-9,12-13H,10-11H2,1-2H3,(H2,22,23,24,25). The predicted octanol–water partition coefficient (Wildman–Crippen LogP) is 5.25. The highest BCUT2D eigenvalue weighted by Gasteiger charge is 2.04. The summed E-state index contributed by atoms with van der Waals surface area (Å²) in [7, 11) is 0. The zero-order chi connectivity index (χ0) is 17.6. The minimum absolute atomic E-state index is 0.595. The monoisotopic (exact) mass is 396 g/mol. The van der Waals surface area contributed by atoms with E-state index in [2.05, 4.69) is 73.8 Å². The second kappa shape index (κ2) is 8.12. The molecule has 5 heteroatoms. The molecule has 25 heavy (non-hydrogen) atoms. The van der Waals surface area contributed by atoms with E-state index in [0.29, 0.717) is 5.95 Å². The minimum atomic E-state index is 0.595. The van der Waals surface area contributed by atoms with Gasteiger partial charge in [0.2, 0.25) is 5.95 Å². The van der Waals surface area contributed by atoms with Gasteiger partial charge in [-0.05, 0) is 43.5 Å². The average molecular weight is 397 g/mol. The van der Waals surface area contributed by atoms with Crippen LogP contribution < -0.4 is 10.6 Å². The van der Waals surface area contributed by atoms with Crippen LogP contribution in [0.5, 0.6) is 0 Å². The molecule has 0 atom stereocenters. The first-order valence-corrected chi connectivity index (χ1v) is 9.06. The van der Waals surface area contributed by atoms with Crippen LogP contribution in [0.15, 0.2) is 59.1 Å². The highest BCUT2D eigenvalue weighted by Crippen LogP contribution is 2.23. The van der Waals surface area contributed by atoms with Gasteiger partial charge in [0, 0.05) is 28.5 Å². The lowest BCUT2D eigenvalue weighted by atomic mass is 10.1. The van der Waals surface area contributed by atoms with Crippen molar-refractivity contribution in [3.8, 4) is 0 Å². The van der Waals surface area contributed by atoms with E-state index < -0.39 is 0 Å². The Morgan fingerprint density at radius 3 is 2.52 bits per heavy atom. The maximum Gasteiger partial charge on any atom is 0.229 e. The van der Waals surface area contributed by atoms with Crippen LogP contribution >= 0.6 is 15.9 Å². The molecule has 0 spiro atoms. The second-order valence-corrected chi connectivity index (χ2v) is 6.82. The van der Waals surface area contributed by atoms with Crippen molar-refractivity contribution >= 4 is 33.4 Å². The fourth-order valence-corrected chi connectivity index (χ4v) is 2.87. The fourth-order valence-electron chi connectivity index (χ4n) is 2.49. The molecule has 2 aromatic carbocycles. The number of anilines is 3. The number of nitrogens with one attached hydrogen (secondary N) is 2. The van der Waals surface area contributed by atoms with Crippen molar-refractivity contribution in [2.75, 3.05) is 17.2 Å².